The lowest BCUT2D eigenvalue weighted by molar-refractivity contribution is -0.145. The lowest BCUT2D eigenvalue weighted by atomic mass is 10.1. The molecule has 0 atom stereocenters. The van der Waals surface area contributed by atoms with Gasteiger partial charge in [0.1, 0.15) is 19.0 Å². The summed E-state index contributed by atoms with van der Waals surface area (Å²) in [5.41, 5.74) is 0. The van der Waals surface area contributed by atoms with E-state index in [2.05, 4.69) is 22.9 Å². The molecule has 1 aromatic rings. The standard InChI is InChI=1S/C24H37BrO5/c1-2-3-4-11-18-29-23(26)12-9-7-5-6-8-10-13-24(27)30-20-19-28-22-16-14-21(25)15-17-22/h14-17H,2-13,18-20H2,1H3. The Labute approximate surface area is 190 Å². The first-order valence-corrected chi connectivity index (χ1v) is 12.1. The molecule has 0 aromatic heterocycles. The van der Waals surface area contributed by atoms with Crippen LogP contribution in [0.3, 0.4) is 0 Å². The zero-order valence-corrected chi connectivity index (χ0v) is 19.9. The number of rotatable bonds is 18. The molecule has 0 saturated carbocycles. The first kappa shape index (κ1) is 26.5. The highest BCUT2D eigenvalue weighted by molar-refractivity contribution is 9.10. The topological polar surface area (TPSA) is 61.8 Å². The molecule has 6 heteroatoms. The van der Waals surface area contributed by atoms with E-state index >= 15 is 0 Å². The summed E-state index contributed by atoms with van der Waals surface area (Å²) in [6.45, 7) is 3.35. The smallest absolute Gasteiger partial charge is 0.305 e. The summed E-state index contributed by atoms with van der Waals surface area (Å²) in [6.07, 6.45) is 11.4. The molecule has 0 bridgehead atoms. The van der Waals surface area contributed by atoms with Crippen molar-refractivity contribution in [2.75, 3.05) is 19.8 Å². The number of carbonyl (C=O) groups is 2. The van der Waals surface area contributed by atoms with Crippen molar-refractivity contribution >= 4 is 27.9 Å². The van der Waals surface area contributed by atoms with Gasteiger partial charge in [-0.2, -0.15) is 0 Å². The minimum Gasteiger partial charge on any atom is -0.490 e. The van der Waals surface area contributed by atoms with Crippen LogP contribution in [-0.2, 0) is 19.1 Å². The number of ether oxygens (including phenoxy) is 3. The minimum absolute atomic E-state index is 0.0710. The molecule has 0 aliphatic rings. The fourth-order valence-electron chi connectivity index (χ4n) is 2.95. The summed E-state index contributed by atoms with van der Waals surface area (Å²) in [5, 5.41) is 0. The van der Waals surface area contributed by atoms with Crippen LogP contribution in [0, 0.1) is 0 Å². The minimum atomic E-state index is -0.170. The highest BCUT2D eigenvalue weighted by Gasteiger charge is 2.04. The molecule has 0 fully saturated rings. The first-order chi connectivity index (χ1) is 14.6. The van der Waals surface area contributed by atoms with Gasteiger partial charge in [0.25, 0.3) is 0 Å². The van der Waals surface area contributed by atoms with Crippen LogP contribution in [-0.4, -0.2) is 31.8 Å². The second-order valence-electron chi connectivity index (χ2n) is 7.43. The fourth-order valence-corrected chi connectivity index (χ4v) is 3.22. The number of halogens is 1. The molecule has 0 amide bonds. The molecule has 0 unspecified atom stereocenters. The van der Waals surface area contributed by atoms with Crippen molar-refractivity contribution in [1.29, 1.82) is 0 Å². The Bertz CT molecular complexity index is 573. The maximum absolute atomic E-state index is 11.7. The van der Waals surface area contributed by atoms with Crippen molar-refractivity contribution in [2.24, 2.45) is 0 Å². The zero-order chi connectivity index (χ0) is 21.9. The van der Waals surface area contributed by atoms with Crippen LogP contribution < -0.4 is 4.74 Å². The van der Waals surface area contributed by atoms with Crippen LogP contribution in [0.15, 0.2) is 28.7 Å². The molecule has 0 saturated heterocycles. The maximum atomic E-state index is 11.7. The fraction of sp³-hybridized carbons (Fsp3) is 0.667. The average molecular weight is 485 g/mol. The van der Waals surface area contributed by atoms with Crippen LogP contribution in [0.4, 0.5) is 0 Å². The van der Waals surface area contributed by atoms with E-state index in [1.807, 2.05) is 24.3 Å². The Kier molecular flexibility index (Phi) is 16.1. The van der Waals surface area contributed by atoms with Gasteiger partial charge in [-0.1, -0.05) is 67.8 Å². The van der Waals surface area contributed by atoms with Crippen LogP contribution in [0.5, 0.6) is 5.75 Å². The highest BCUT2D eigenvalue weighted by Crippen LogP contribution is 2.16. The summed E-state index contributed by atoms with van der Waals surface area (Å²) in [4.78, 5) is 23.3. The molecule has 5 nitrogen and oxygen atoms in total. The van der Waals surface area contributed by atoms with Crippen LogP contribution in [0.25, 0.3) is 0 Å². The number of unbranched alkanes of at least 4 members (excludes halogenated alkanes) is 8. The molecular weight excluding hydrogens is 448 g/mol. The van der Waals surface area contributed by atoms with Crippen molar-refractivity contribution < 1.29 is 23.8 Å². The third-order valence-corrected chi connectivity index (χ3v) is 5.23. The third kappa shape index (κ3) is 15.3. The molecule has 0 aliphatic heterocycles. The number of carbonyl (C=O) groups excluding carboxylic acids is 2. The van der Waals surface area contributed by atoms with Gasteiger partial charge in [-0.25, -0.2) is 0 Å². The zero-order valence-electron chi connectivity index (χ0n) is 18.3. The molecule has 0 radical (unpaired) electrons. The first-order valence-electron chi connectivity index (χ1n) is 11.3. The molecule has 0 aliphatic carbocycles. The SMILES string of the molecule is CCCCCCOC(=O)CCCCCCCCC(=O)OCCOc1ccc(Br)cc1. The van der Waals surface area contributed by atoms with E-state index in [4.69, 9.17) is 14.2 Å². The van der Waals surface area contributed by atoms with Gasteiger partial charge in [-0.15, -0.1) is 0 Å². The Hall–Kier alpha value is -1.56. The third-order valence-electron chi connectivity index (χ3n) is 4.70. The van der Waals surface area contributed by atoms with Crippen molar-refractivity contribution in [2.45, 2.75) is 84.0 Å². The number of hydrogen-bond donors (Lipinski definition) is 0. The molecule has 0 heterocycles. The van der Waals surface area contributed by atoms with Crippen LogP contribution in [0.1, 0.15) is 84.0 Å². The monoisotopic (exact) mass is 484 g/mol. The molecular formula is C24H37BrO5. The lowest BCUT2D eigenvalue weighted by Crippen LogP contribution is -2.12. The van der Waals surface area contributed by atoms with E-state index < -0.39 is 0 Å². The Balaban J connectivity index is 1.85. The Morgan fingerprint density at radius 1 is 0.700 bits per heavy atom. The van der Waals surface area contributed by atoms with Gasteiger partial charge in [0.05, 0.1) is 6.61 Å². The van der Waals surface area contributed by atoms with Crippen molar-refractivity contribution in [3.8, 4) is 5.75 Å². The van der Waals surface area contributed by atoms with Crippen molar-refractivity contribution in [1.82, 2.24) is 0 Å². The van der Waals surface area contributed by atoms with Gasteiger partial charge < -0.3 is 14.2 Å². The average Bonchev–Trinajstić information content (AvgIpc) is 2.74. The van der Waals surface area contributed by atoms with Gasteiger partial charge in [-0.3, -0.25) is 9.59 Å². The van der Waals surface area contributed by atoms with Crippen molar-refractivity contribution in [3.05, 3.63) is 28.7 Å². The quantitative estimate of drug-likeness (QED) is 0.173. The summed E-state index contributed by atoms with van der Waals surface area (Å²) in [6, 6.07) is 7.54. The van der Waals surface area contributed by atoms with Crippen molar-refractivity contribution in [3.63, 3.8) is 0 Å². The predicted molar refractivity (Wildman–Crippen MR) is 123 cm³/mol. The summed E-state index contributed by atoms with van der Waals surface area (Å²) in [7, 11) is 0. The normalized spacial score (nSPS) is 10.6. The van der Waals surface area contributed by atoms with Gasteiger partial charge >= 0.3 is 11.9 Å². The van der Waals surface area contributed by atoms with E-state index in [1.165, 1.54) is 12.8 Å². The molecule has 1 aromatic carbocycles. The maximum Gasteiger partial charge on any atom is 0.305 e. The molecule has 170 valence electrons. The molecule has 1 rings (SSSR count). The molecule has 0 spiro atoms. The molecule has 30 heavy (non-hydrogen) atoms. The van der Waals surface area contributed by atoms with E-state index in [0.717, 1.165) is 61.6 Å². The summed E-state index contributed by atoms with van der Waals surface area (Å²) >= 11 is 3.37. The van der Waals surface area contributed by atoms with E-state index in [1.54, 1.807) is 0 Å². The van der Waals surface area contributed by atoms with Gasteiger partial charge in [0.2, 0.25) is 0 Å². The number of benzene rings is 1. The highest BCUT2D eigenvalue weighted by atomic mass is 79.9. The van der Waals surface area contributed by atoms with E-state index in [-0.39, 0.29) is 18.5 Å². The summed E-state index contributed by atoms with van der Waals surface area (Å²) < 4.78 is 16.9. The molecule has 0 N–H and O–H groups in total. The second-order valence-corrected chi connectivity index (χ2v) is 8.34. The number of esters is 2. The van der Waals surface area contributed by atoms with E-state index in [9.17, 15) is 9.59 Å². The Morgan fingerprint density at radius 3 is 1.83 bits per heavy atom. The predicted octanol–water partition coefficient (Wildman–Crippen LogP) is 6.62. The van der Waals surface area contributed by atoms with Gasteiger partial charge in [0, 0.05) is 17.3 Å². The number of hydrogen-bond acceptors (Lipinski definition) is 5. The summed E-state index contributed by atoms with van der Waals surface area (Å²) in [5.74, 6) is 0.518. The van der Waals surface area contributed by atoms with Gasteiger partial charge in [-0.05, 0) is 43.5 Å². The van der Waals surface area contributed by atoms with E-state index in [0.29, 0.717) is 26.1 Å². The van der Waals surface area contributed by atoms with Crippen LogP contribution in [0.2, 0.25) is 0 Å². The Morgan fingerprint density at radius 2 is 1.23 bits per heavy atom. The largest absolute Gasteiger partial charge is 0.490 e. The van der Waals surface area contributed by atoms with Gasteiger partial charge in [0.15, 0.2) is 0 Å². The second kappa shape index (κ2) is 18.2. The van der Waals surface area contributed by atoms with Crippen LogP contribution >= 0.6 is 15.9 Å². The lowest BCUT2D eigenvalue weighted by Gasteiger charge is -2.07.